The first-order valence-electron chi connectivity index (χ1n) is 10.0. The maximum absolute atomic E-state index is 12.0. The molecule has 2 heterocycles. The highest BCUT2D eigenvalue weighted by Gasteiger charge is 2.28. The van der Waals surface area contributed by atoms with E-state index >= 15 is 0 Å². The highest BCUT2D eigenvalue weighted by molar-refractivity contribution is 6.00. The van der Waals surface area contributed by atoms with Crippen LogP contribution in [0.4, 0.5) is 5.69 Å². The Hall–Kier alpha value is -2.10. The largest absolute Gasteiger partial charge is 0.372 e. The van der Waals surface area contributed by atoms with Crippen molar-refractivity contribution in [2.75, 3.05) is 18.0 Å². The number of hydrogen-bond acceptors (Lipinski definition) is 3. The van der Waals surface area contributed by atoms with Gasteiger partial charge in [-0.3, -0.25) is 14.9 Å². The monoisotopic (exact) mass is 352 g/mol. The van der Waals surface area contributed by atoms with Gasteiger partial charge in [0.05, 0.1) is 5.92 Å². The maximum Gasteiger partial charge on any atom is 0.234 e. The summed E-state index contributed by atoms with van der Waals surface area (Å²) in [5, 5.41) is 2.45. The number of nitrogens with zero attached hydrogens (tertiary/aromatic N) is 1. The first kappa shape index (κ1) is 17.3. The lowest BCUT2D eigenvalue weighted by Gasteiger charge is -2.35. The highest BCUT2D eigenvalue weighted by atomic mass is 16.2. The van der Waals surface area contributed by atoms with Crippen LogP contribution >= 0.6 is 0 Å². The minimum Gasteiger partial charge on any atom is -0.372 e. The molecule has 4 rings (SSSR count). The number of carbonyl (C=O) groups is 2. The maximum atomic E-state index is 12.0. The van der Waals surface area contributed by atoms with Gasteiger partial charge in [0, 0.05) is 25.2 Å². The fourth-order valence-electron chi connectivity index (χ4n) is 4.69. The van der Waals surface area contributed by atoms with Crippen LogP contribution < -0.4 is 10.2 Å². The van der Waals surface area contributed by atoms with Crippen LogP contribution in [0.25, 0.3) is 0 Å². The molecule has 0 radical (unpaired) electrons. The molecule has 1 aromatic rings. The predicted molar refractivity (Wildman–Crippen MR) is 103 cm³/mol. The molecular formula is C22H28N2O2. The minimum absolute atomic E-state index is 0.154. The number of benzene rings is 1. The summed E-state index contributed by atoms with van der Waals surface area (Å²) in [6, 6.07) is 8.40. The molecule has 1 N–H and O–H groups in total. The number of nitrogens with one attached hydrogen (secondary N) is 1. The van der Waals surface area contributed by atoms with Gasteiger partial charge in [0.15, 0.2) is 0 Å². The van der Waals surface area contributed by atoms with Crippen molar-refractivity contribution in [1.29, 1.82) is 0 Å². The molecule has 0 saturated carbocycles. The average molecular weight is 352 g/mol. The van der Waals surface area contributed by atoms with E-state index in [1.54, 1.807) is 0 Å². The molecule has 1 unspecified atom stereocenters. The van der Waals surface area contributed by atoms with E-state index in [1.165, 1.54) is 37.8 Å². The molecule has 3 aliphatic rings. The summed E-state index contributed by atoms with van der Waals surface area (Å²) in [6.07, 6.45) is 12.2. The summed E-state index contributed by atoms with van der Waals surface area (Å²) in [5.74, 6) is 1.26. The van der Waals surface area contributed by atoms with Crippen molar-refractivity contribution in [3.05, 3.63) is 42.0 Å². The molecule has 0 aromatic heterocycles. The Bertz CT molecular complexity index is 679. The quantitative estimate of drug-likeness (QED) is 0.663. The van der Waals surface area contributed by atoms with Crippen LogP contribution in [-0.2, 0) is 9.59 Å². The lowest BCUT2D eigenvalue weighted by atomic mass is 9.86. The SMILES string of the molecule is O=C1CCC(c2ccc(N3CCC(CC4CC=CC4)CC3)cc2)C(=O)N1. The van der Waals surface area contributed by atoms with Crippen LogP contribution in [0.1, 0.15) is 56.4 Å². The van der Waals surface area contributed by atoms with Crippen LogP contribution in [0.2, 0.25) is 0 Å². The normalized spacial score (nSPS) is 24.9. The zero-order valence-corrected chi connectivity index (χ0v) is 15.3. The third-order valence-electron chi connectivity index (χ3n) is 6.29. The van der Waals surface area contributed by atoms with Crippen LogP contribution in [-0.4, -0.2) is 24.9 Å². The molecule has 0 spiro atoms. The third-order valence-corrected chi connectivity index (χ3v) is 6.29. The molecular weight excluding hydrogens is 324 g/mol. The smallest absolute Gasteiger partial charge is 0.234 e. The molecule has 0 bridgehead atoms. The molecule has 26 heavy (non-hydrogen) atoms. The van der Waals surface area contributed by atoms with Crippen LogP contribution in [0.15, 0.2) is 36.4 Å². The van der Waals surface area contributed by atoms with Crippen molar-refractivity contribution in [3.63, 3.8) is 0 Å². The van der Waals surface area contributed by atoms with E-state index in [0.717, 1.165) is 30.5 Å². The number of piperidine rings is 2. The highest BCUT2D eigenvalue weighted by Crippen LogP contribution is 2.33. The first-order valence-corrected chi connectivity index (χ1v) is 10.0. The van der Waals surface area contributed by atoms with Gasteiger partial charge in [0.1, 0.15) is 0 Å². The van der Waals surface area contributed by atoms with Gasteiger partial charge >= 0.3 is 0 Å². The Kier molecular flexibility index (Phi) is 5.09. The van der Waals surface area contributed by atoms with Gasteiger partial charge in [-0.05, 0) is 68.1 Å². The number of rotatable bonds is 4. The van der Waals surface area contributed by atoms with Gasteiger partial charge in [-0.2, -0.15) is 0 Å². The Balaban J connectivity index is 1.31. The van der Waals surface area contributed by atoms with E-state index in [2.05, 4.69) is 46.6 Å². The van der Waals surface area contributed by atoms with Crippen LogP contribution in [0.5, 0.6) is 0 Å². The first-order chi connectivity index (χ1) is 12.7. The number of imide groups is 1. The second-order valence-corrected chi connectivity index (χ2v) is 8.07. The molecule has 1 aliphatic carbocycles. The summed E-state index contributed by atoms with van der Waals surface area (Å²) in [7, 11) is 0. The van der Waals surface area contributed by atoms with E-state index < -0.39 is 0 Å². The molecule has 1 aromatic carbocycles. The Morgan fingerprint density at radius 2 is 1.62 bits per heavy atom. The molecule has 138 valence electrons. The molecule has 2 amide bonds. The minimum atomic E-state index is -0.187. The summed E-state index contributed by atoms with van der Waals surface area (Å²) in [5.41, 5.74) is 2.27. The van der Waals surface area contributed by atoms with Crippen LogP contribution in [0.3, 0.4) is 0 Å². The second-order valence-electron chi connectivity index (χ2n) is 8.07. The lowest BCUT2D eigenvalue weighted by molar-refractivity contribution is -0.134. The average Bonchev–Trinajstić information content (AvgIpc) is 3.16. The molecule has 4 heteroatoms. The van der Waals surface area contributed by atoms with E-state index in [9.17, 15) is 9.59 Å². The zero-order chi connectivity index (χ0) is 17.9. The van der Waals surface area contributed by atoms with Gasteiger partial charge < -0.3 is 4.90 Å². The zero-order valence-electron chi connectivity index (χ0n) is 15.3. The summed E-state index contributed by atoms with van der Waals surface area (Å²) in [6.45, 7) is 2.26. The summed E-state index contributed by atoms with van der Waals surface area (Å²) < 4.78 is 0. The summed E-state index contributed by atoms with van der Waals surface area (Å²) in [4.78, 5) is 25.8. The third kappa shape index (κ3) is 3.84. The predicted octanol–water partition coefficient (Wildman–Crippen LogP) is 3.78. The van der Waals surface area contributed by atoms with Crippen molar-refractivity contribution < 1.29 is 9.59 Å². The molecule has 2 saturated heterocycles. The Labute approximate surface area is 155 Å². The number of anilines is 1. The van der Waals surface area contributed by atoms with Crippen molar-refractivity contribution in [1.82, 2.24) is 5.32 Å². The van der Waals surface area contributed by atoms with Gasteiger partial charge in [-0.25, -0.2) is 0 Å². The molecule has 4 nitrogen and oxygen atoms in total. The van der Waals surface area contributed by atoms with E-state index in [1.807, 2.05) is 0 Å². The lowest BCUT2D eigenvalue weighted by Crippen LogP contribution is -2.39. The van der Waals surface area contributed by atoms with Gasteiger partial charge in [0.2, 0.25) is 11.8 Å². The van der Waals surface area contributed by atoms with E-state index in [4.69, 9.17) is 0 Å². The van der Waals surface area contributed by atoms with E-state index in [0.29, 0.717) is 12.8 Å². The van der Waals surface area contributed by atoms with Gasteiger partial charge in [-0.1, -0.05) is 24.3 Å². The summed E-state index contributed by atoms with van der Waals surface area (Å²) >= 11 is 0. The molecule has 2 fully saturated rings. The van der Waals surface area contributed by atoms with Crippen molar-refractivity contribution in [2.24, 2.45) is 11.8 Å². The standard InChI is InChI=1S/C22H28N2O2/c25-21-10-9-20(22(26)23-21)18-5-7-19(8-6-18)24-13-11-17(12-14-24)15-16-3-1-2-4-16/h1-2,5-8,16-17,20H,3-4,9-15H2,(H,23,25,26). The van der Waals surface area contributed by atoms with Crippen molar-refractivity contribution >= 4 is 17.5 Å². The second kappa shape index (κ2) is 7.65. The number of hydrogen-bond donors (Lipinski definition) is 1. The topological polar surface area (TPSA) is 49.4 Å². The number of allylic oxidation sites excluding steroid dienone is 2. The molecule has 2 aliphatic heterocycles. The van der Waals surface area contributed by atoms with Crippen molar-refractivity contribution in [2.45, 2.75) is 50.9 Å². The fraction of sp³-hybridized carbons (Fsp3) is 0.545. The Morgan fingerprint density at radius 1 is 0.923 bits per heavy atom. The van der Waals surface area contributed by atoms with Gasteiger partial charge in [-0.15, -0.1) is 0 Å². The number of carbonyl (C=O) groups excluding carboxylic acids is 2. The number of amides is 2. The fourth-order valence-corrected chi connectivity index (χ4v) is 4.69. The van der Waals surface area contributed by atoms with Gasteiger partial charge in [0.25, 0.3) is 0 Å². The van der Waals surface area contributed by atoms with E-state index in [-0.39, 0.29) is 17.7 Å². The Morgan fingerprint density at radius 3 is 2.27 bits per heavy atom. The molecule has 1 atom stereocenters. The van der Waals surface area contributed by atoms with Crippen LogP contribution in [0, 0.1) is 11.8 Å². The van der Waals surface area contributed by atoms with Crippen molar-refractivity contribution in [3.8, 4) is 0 Å².